The van der Waals surface area contributed by atoms with Crippen LogP contribution in [0.1, 0.15) is 88.5 Å². The normalized spacial score (nSPS) is 28.0. The van der Waals surface area contributed by atoms with E-state index in [1.54, 1.807) is 12.1 Å². The number of halogens is 1. The summed E-state index contributed by atoms with van der Waals surface area (Å²) in [5.74, 6) is 3.29. The molecule has 2 heteroatoms. The summed E-state index contributed by atoms with van der Waals surface area (Å²) in [6.45, 7) is 0. The van der Waals surface area contributed by atoms with E-state index in [1.807, 2.05) is 30.4 Å². The minimum Gasteiger partial charge on any atom is -0.207 e. The van der Waals surface area contributed by atoms with Crippen LogP contribution in [0.25, 0.3) is 0 Å². The van der Waals surface area contributed by atoms with E-state index in [1.165, 1.54) is 82.3 Å². The molecule has 0 heterocycles. The summed E-state index contributed by atoms with van der Waals surface area (Å²) in [4.78, 5) is 0. The third-order valence-corrected chi connectivity index (χ3v) is 7.30. The van der Waals surface area contributed by atoms with Crippen molar-refractivity contribution in [3.8, 4) is 6.07 Å². The van der Waals surface area contributed by atoms with Gasteiger partial charge >= 0.3 is 0 Å². The van der Waals surface area contributed by atoms with Crippen LogP contribution in [-0.4, -0.2) is 0 Å². The van der Waals surface area contributed by atoms with Crippen LogP contribution in [0.4, 0.5) is 4.39 Å². The van der Waals surface area contributed by atoms with Crippen molar-refractivity contribution in [2.24, 2.45) is 17.8 Å². The summed E-state index contributed by atoms with van der Waals surface area (Å²) in [6, 6.07) is 9.20. The number of hydrogen-bond acceptors (Lipinski definition) is 1. The summed E-state index contributed by atoms with van der Waals surface area (Å²) in [5.41, 5.74) is 1.33. The van der Waals surface area contributed by atoms with E-state index >= 15 is 0 Å². The summed E-state index contributed by atoms with van der Waals surface area (Å²) < 4.78 is 13.1. The maximum Gasteiger partial charge on any atom is 0.123 e. The topological polar surface area (TPSA) is 23.8 Å². The molecule has 0 saturated heterocycles. The second kappa shape index (κ2) is 12.0. The van der Waals surface area contributed by atoms with Crippen molar-refractivity contribution in [3.05, 3.63) is 60.0 Å². The molecule has 2 saturated carbocycles. The smallest absolute Gasteiger partial charge is 0.123 e. The molecule has 0 atom stereocenters. The Morgan fingerprint density at radius 1 is 0.793 bits per heavy atom. The van der Waals surface area contributed by atoms with Crippen LogP contribution >= 0.6 is 0 Å². The van der Waals surface area contributed by atoms with Crippen LogP contribution in [0, 0.1) is 34.9 Å². The van der Waals surface area contributed by atoms with Crippen molar-refractivity contribution in [3.63, 3.8) is 0 Å². The average molecular weight is 394 g/mol. The average Bonchev–Trinajstić information content (AvgIpc) is 2.76. The Balaban J connectivity index is 1.27. The van der Waals surface area contributed by atoms with Gasteiger partial charge in [-0.3, -0.25) is 0 Å². The van der Waals surface area contributed by atoms with Gasteiger partial charge in [-0.1, -0.05) is 68.9 Å². The first-order valence-corrected chi connectivity index (χ1v) is 11.7. The van der Waals surface area contributed by atoms with Crippen molar-refractivity contribution in [2.45, 2.75) is 83.0 Å². The quantitative estimate of drug-likeness (QED) is 0.323. The summed E-state index contributed by atoms with van der Waals surface area (Å²) in [5, 5.41) is 8.46. The van der Waals surface area contributed by atoms with Gasteiger partial charge in [0.2, 0.25) is 0 Å². The van der Waals surface area contributed by atoms with Crippen LogP contribution in [0.2, 0.25) is 0 Å². The highest BCUT2D eigenvalue weighted by Crippen LogP contribution is 2.40. The second-order valence-electron chi connectivity index (χ2n) is 9.23. The van der Waals surface area contributed by atoms with Gasteiger partial charge in [-0.05, 0) is 79.9 Å². The fourth-order valence-electron chi connectivity index (χ4n) is 5.40. The van der Waals surface area contributed by atoms with E-state index in [0.29, 0.717) is 5.92 Å². The summed E-state index contributed by atoms with van der Waals surface area (Å²) >= 11 is 0. The van der Waals surface area contributed by atoms with Crippen LogP contribution in [-0.2, 0) is 0 Å². The van der Waals surface area contributed by atoms with Crippen LogP contribution in [0.5, 0.6) is 0 Å². The Morgan fingerprint density at radius 3 is 1.93 bits per heavy atom. The van der Waals surface area contributed by atoms with Gasteiger partial charge in [0.15, 0.2) is 0 Å². The second-order valence-corrected chi connectivity index (χ2v) is 9.23. The van der Waals surface area contributed by atoms with Crippen molar-refractivity contribution in [1.82, 2.24) is 0 Å². The highest BCUT2D eigenvalue weighted by molar-refractivity contribution is 5.20. The van der Waals surface area contributed by atoms with Gasteiger partial charge in [0.05, 0.1) is 6.07 Å². The van der Waals surface area contributed by atoms with E-state index in [4.69, 9.17) is 5.26 Å². The van der Waals surface area contributed by atoms with Gasteiger partial charge in [0.1, 0.15) is 5.82 Å². The number of nitrogens with zero attached hydrogens (tertiary/aromatic N) is 1. The first kappa shape index (κ1) is 21.8. The molecule has 0 unspecified atom stereocenters. The molecule has 2 aliphatic rings. The fraction of sp³-hybridized carbons (Fsp3) is 0.593. The van der Waals surface area contributed by atoms with Crippen LogP contribution in [0.3, 0.4) is 0 Å². The third kappa shape index (κ3) is 7.46. The standard InChI is InChI=1S/C27H36FN/c28-27-19-17-26(18-20-27)25-15-13-24(14-16-25)12-11-23-9-7-22(8-10-23)6-4-2-1-3-5-21-29/h1-3,5,17-20,22-25H,4,6-16H2/t22-,23-,24-,25-. The Labute approximate surface area is 176 Å². The number of hydrogen-bond donors (Lipinski definition) is 0. The van der Waals surface area contributed by atoms with E-state index in [2.05, 4.69) is 6.08 Å². The maximum atomic E-state index is 13.1. The molecule has 0 N–H and O–H groups in total. The summed E-state index contributed by atoms with van der Waals surface area (Å²) in [7, 11) is 0. The largest absolute Gasteiger partial charge is 0.207 e. The molecule has 29 heavy (non-hydrogen) atoms. The lowest BCUT2D eigenvalue weighted by atomic mass is 9.74. The van der Waals surface area contributed by atoms with Gasteiger partial charge in [-0.25, -0.2) is 4.39 Å². The molecule has 2 aliphatic carbocycles. The molecule has 2 fully saturated rings. The first-order chi connectivity index (χ1) is 14.2. The third-order valence-electron chi connectivity index (χ3n) is 7.30. The van der Waals surface area contributed by atoms with Crippen molar-refractivity contribution >= 4 is 0 Å². The Bertz CT molecular complexity index is 680. The minimum atomic E-state index is -0.124. The zero-order valence-corrected chi connectivity index (χ0v) is 17.7. The molecule has 1 nitrogen and oxygen atoms in total. The fourth-order valence-corrected chi connectivity index (χ4v) is 5.40. The Morgan fingerprint density at radius 2 is 1.34 bits per heavy atom. The van der Waals surface area contributed by atoms with Gasteiger partial charge in [-0.15, -0.1) is 0 Å². The monoisotopic (exact) mass is 393 g/mol. The van der Waals surface area contributed by atoms with Gasteiger partial charge in [0, 0.05) is 6.08 Å². The lowest BCUT2D eigenvalue weighted by Crippen LogP contribution is -2.17. The number of rotatable bonds is 8. The molecule has 0 aliphatic heterocycles. The zero-order valence-electron chi connectivity index (χ0n) is 17.7. The molecule has 0 spiro atoms. The molecular weight excluding hydrogens is 357 g/mol. The molecule has 0 bridgehead atoms. The van der Waals surface area contributed by atoms with E-state index in [0.717, 1.165) is 24.2 Å². The molecule has 0 aromatic heterocycles. The molecule has 0 radical (unpaired) electrons. The predicted octanol–water partition coefficient (Wildman–Crippen LogP) is 8.10. The van der Waals surface area contributed by atoms with Crippen molar-refractivity contribution < 1.29 is 4.39 Å². The number of allylic oxidation sites excluding steroid dienone is 4. The predicted molar refractivity (Wildman–Crippen MR) is 119 cm³/mol. The molecular formula is C27H36FN. The van der Waals surface area contributed by atoms with Gasteiger partial charge < -0.3 is 0 Å². The van der Waals surface area contributed by atoms with Crippen molar-refractivity contribution in [1.29, 1.82) is 5.26 Å². The number of benzene rings is 1. The molecule has 1 aromatic carbocycles. The zero-order chi connectivity index (χ0) is 20.3. The van der Waals surface area contributed by atoms with Gasteiger partial charge in [0.25, 0.3) is 0 Å². The minimum absolute atomic E-state index is 0.124. The Kier molecular flexibility index (Phi) is 9.00. The number of nitriles is 1. The highest BCUT2D eigenvalue weighted by atomic mass is 19.1. The highest BCUT2D eigenvalue weighted by Gasteiger charge is 2.25. The molecule has 1 aromatic rings. The molecule has 0 amide bonds. The SMILES string of the molecule is N#CC=CC=CCC[C@H]1CC[C@H](CC[C@H]2CC[C@H](c3ccc(F)cc3)CC2)CC1. The maximum absolute atomic E-state index is 13.1. The van der Waals surface area contributed by atoms with E-state index in [-0.39, 0.29) is 5.82 Å². The Hall–Kier alpha value is -1.88. The van der Waals surface area contributed by atoms with E-state index in [9.17, 15) is 4.39 Å². The van der Waals surface area contributed by atoms with E-state index < -0.39 is 0 Å². The molecule has 3 rings (SSSR count). The lowest BCUT2D eigenvalue weighted by Gasteiger charge is -2.32. The lowest BCUT2D eigenvalue weighted by molar-refractivity contribution is 0.225. The molecule has 156 valence electrons. The van der Waals surface area contributed by atoms with Crippen LogP contribution in [0.15, 0.2) is 48.6 Å². The van der Waals surface area contributed by atoms with Crippen LogP contribution < -0.4 is 0 Å². The first-order valence-electron chi connectivity index (χ1n) is 11.7. The van der Waals surface area contributed by atoms with Crippen molar-refractivity contribution in [2.75, 3.05) is 0 Å². The van der Waals surface area contributed by atoms with Gasteiger partial charge in [-0.2, -0.15) is 5.26 Å². The summed E-state index contributed by atoms with van der Waals surface area (Å²) in [6.07, 6.45) is 23.8.